The summed E-state index contributed by atoms with van der Waals surface area (Å²) >= 11 is 0. The number of nitrogens with zero attached hydrogens (tertiary/aromatic N) is 5. The van der Waals surface area contributed by atoms with Gasteiger partial charge in [0, 0.05) is 66.5 Å². The van der Waals surface area contributed by atoms with Crippen LogP contribution >= 0.6 is 0 Å². The lowest BCUT2D eigenvalue weighted by atomic mass is 10.0. The lowest BCUT2D eigenvalue weighted by Gasteiger charge is -2.12. The first-order chi connectivity index (χ1) is 28.2. The quantitative estimate of drug-likeness (QED) is 0.175. The lowest BCUT2D eigenvalue weighted by molar-refractivity contribution is 0.667. The summed E-state index contributed by atoms with van der Waals surface area (Å²) in [5.74, 6) is 1.69. The average molecular weight is 732 g/mol. The smallest absolute Gasteiger partial charge is 0.164 e. The Morgan fingerprint density at radius 3 is 1.86 bits per heavy atom. The number of hydrogen-bond acceptors (Lipinski definition) is 6. The molecule has 12 rings (SSSR count). The van der Waals surface area contributed by atoms with Gasteiger partial charge in [-0.15, -0.1) is 0 Å². The molecule has 0 amide bonds. The molecular weight excluding hydrogens is 703 g/mol. The van der Waals surface area contributed by atoms with E-state index in [9.17, 15) is 0 Å². The van der Waals surface area contributed by atoms with Crippen LogP contribution in [0.1, 0.15) is 0 Å². The van der Waals surface area contributed by atoms with E-state index in [1.54, 1.807) is 12.4 Å². The zero-order valence-corrected chi connectivity index (χ0v) is 30.3. The zero-order valence-electron chi connectivity index (χ0n) is 30.3. The molecule has 5 heterocycles. The third kappa shape index (κ3) is 4.92. The van der Waals surface area contributed by atoms with Crippen LogP contribution in [0, 0.1) is 0 Å². The third-order valence-electron chi connectivity index (χ3n) is 11.0. The minimum atomic E-state index is 0.554. The summed E-state index contributed by atoms with van der Waals surface area (Å²) in [7, 11) is 0. The van der Waals surface area contributed by atoms with Gasteiger partial charge < -0.3 is 13.4 Å². The largest absolute Gasteiger partial charge is 0.455 e. The maximum Gasteiger partial charge on any atom is 0.164 e. The molecule has 0 fully saturated rings. The van der Waals surface area contributed by atoms with Crippen molar-refractivity contribution in [3.05, 3.63) is 176 Å². The van der Waals surface area contributed by atoms with Crippen LogP contribution < -0.4 is 0 Å². The molecule has 0 aliphatic carbocycles. The van der Waals surface area contributed by atoms with E-state index in [0.29, 0.717) is 23.1 Å². The number of benzene rings is 7. The highest BCUT2D eigenvalue weighted by Gasteiger charge is 2.20. The van der Waals surface area contributed by atoms with E-state index in [-0.39, 0.29) is 0 Å². The van der Waals surface area contributed by atoms with Gasteiger partial charge in [-0.25, -0.2) is 15.0 Å². The Morgan fingerprint density at radius 2 is 1.04 bits per heavy atom. The van der Waals surface area contributed by atoms with Crippen LogP contribution in [-0.4, -0.2) is 24.5 Å². The van der Waals surface area contributed by atoms with Crippen LogP contribution in [0.3, 0.4) is 0 Å². The fourth-order valence-corrected chi connectivity index (χ4v) is 8.38. The fourth-order valence-electron chi connectivity index (χ4n) is 8.38. The number of fused-ring (bicyclic) bond motifs is 9. The van der Waals surface area contributed by atoms with Crippen LogP contribution in [0.4, 0.5) is 0 Å². The van der Waals surface area contributed by atoms with Crippen molar-refractivity contribution in [3.8, 4) is 51.0 Å². The highest BCUT2D eigenvalue weighted by Crippen LogP contribution is 2.39. The first-order valence-electron chi connectivity index (χ1n) is 18.9. The topological polar surface area (TPSA) is 82.8 Å². The summed E-state index contributed by atoms with van der Waals surface area (Å²) in [6.45, 7) is 0. The van der Waals surface area contributed by atoms with E-state index < -0.39 is 0 Å². The summed E-state index contributed by atoms with van der Waals surface area (Å²) < 4.78 is 14.9. The maximum atomic E-state index is 6.38. The number of para-hydroxylation sites is 4. The number of pyridine rings is 1. The zero-order chi connectivity index (χ0) is 37.5. The van der Waals surface area contributed by atoms with E-state index in [2.05, 4.69) is 131 Å². The van der Waals surface area contributed by atoms with Gasteiger partial charge in [-0.3, -0.25) is 4.98 Å². The van der Waals surface area contributed by atoms with Crippen LogP contribution in [-0.2, 0) is 0 Å². The van der Waals surface area contributed by atoms with Crippen molar-refractivity contribution in [1.29, 1.82) is 0 Å². The third-order valence-corrected chi connectivity index (χ3v) is 11.0. The predicted molar refractivity (Wildman–Crippen MR) is 228 cm³/mol. The van der Waals surface area contributed by atoms with Crippen molar-refractivity contribution >= 4 is 65.7 Å². The average Bonchev–Trinajstić information content (AvgIpc) is 3.96. The van der Waals surface area contributed by atoms with Gasteiger partial charge in [-0.05, 0) is 48.0 Å². The van der Waals surface area contributed by atoms with Gasteiger partial charge in [-0.1, -0.05) is 121 Å². The Hall–Kier alpha value is -7.90. The van der Waals surface area contributed by atoms with E-state index >= 15 is 0 Å². The molecule has 7 aromatic carbocycles. The fraction of sp³-hybridized carbons (Fsp3) is 0. The molecular formula is C50H29N5O2. The molecule has 7 heteroatoms. The summed E-state index contributed by atoms with van der Waals surface area (Å²) in [5, 5.41) is 6.51. The molecule has 0 aliphatic rings. The van der Waals surface area contributed by atoms with Crippen LogP contribution in [0.25, 0.3) is 117 Å². The summed E-state index contributed by atoms with van der Waals surface area (Å²) in [6.07, 6.45) is 3.53. The second kappa shape index (κ2) is 12.3. The predicted octanol–water partition coefficient (Wildman–Crippen LogP) is 12.8. The molecule has 0 unspecified atom stereocenters. The molecule has 12 aromatic rings. The number of rotatable bonds is 5. The normalized spacial score (nSPS) is 11.9. The van der Waals surface area contributed by atoms with Gasteiger partial charge in [0.25, 0.3) is 0 Å². The minimum absolute atomic E-state index is 0.554. The van der Waals surface area contributed by atoms with Crippen molar-refractivity contribution in [3.63, 3.8) is 0 Å². The Morgan fingerprint density at radius 1 is 0.404 bits per heavy atom. The molecule has 0 saturated heterocycles. The number of furan rings is 2. The van der Waals surface area contributed by atoms with Crippen molar-refractivity contribution in [1.82, 2.24) is 24.5 Å². The van der Waals surface area contributed by atoms with Crippen molar-refractivity contribution in [2.75, 3.05) is 0 Å². The molecule has 5 aromatic heterocycles. The van der Waals surface area contributed by atoms with E-state index in [1.807, 2.05) is 42.5 Å². The number of aromatic nitrogens is 5. The highest BCUT2D eigenvalue weighted by atomic mass is 16.3. The summed E-state index contributed by atoms with van der Waals surface area (Å²) in [5.41, 5.74) is 11.2. The Balaban J connectivity index is 1.04. The molecule has 0 bridgehead atoms. The minimum Gasteiger partial charge on any atom is -0.455 e. The standard InChI is InChI=1S/C50H29N5O2/c1-4-18-41-35(12-1)36-13-2-5-19-42(36)55(41)33-11-7-10-32(28-33)49-52-48(53-50(54-49)40-17-9-21-44-46(40)39-26-27-51-29-45(39)56-44)31-24-22-30(23-25-31)34-15-8-16-38-37-14-3-6-20-43(37)57-47(34)38/h1-29H. The van der Waals surface area contributed by atoms with Gasteiger partial charge in [0.15, 0.2) is 23.1 Å². The van der Waals surface area contributed by atoms with Crippen LogP contribution in [0.2, 0.25) is 0 Å². The van der Waals surface area contributed by atoms with E-state index in [1.165, 1.54) is 10.8 Å². The van der Waals surface area contributed by atoms with Gasteiger partial charge in [0.2, 0.25) is 0 Å². The molecule has 0 radical (unpaired) electrons. The lowest BCUT2D eigenvalue weighted by Crippen LogP contribution is -2.01. The molecule has 0 aliphatic heterocycles. The molecule has 0 saturated carbocycles. The van der Waals surface area contributed by atoms with Crippen molar-refractivity contribution in [2.45, 2.75) is 0 Å². The first-order valence-corrected chi connectivity index (χ1v) is 18.9. The molecule has 266 valence electrons. The van der Waals surface area contributed by atoms with Crippen molar-refractivity contribution < 1.29 is 8.83 Å². The first kappa shape index (κ1) is 31.5. The van der Waals surface area contributed by atoms with E-state index in [0.717, 1.165) is 82.8 Å². The Bertz CT molecular complexity index is 3490. The molecule has 7 nitrogen and oxygen atoms in total. The second-order valence-corrected chi connectivity index (χ2v) is 14.2. The van der Waals surface area contributed by atoms with Gasteiger partial charge >= 0.3 is 0 Å². The van der Waals surface area contributed by atoms with Crippen molar-refractivity contribution in [2.24, 2.45) is 0 Å². The molecule has 0 spiro atoms. The molecule has 57 heavy (non-hydrogen) atoms. The molecule has 0 N–H and O–H groups in total. The van der Waals surface area contributed by atoms with Crippen LogP contribution in [0.5, 0.6) is 0 Å². The van der Waals surface area contributed by atoms with Gasteiger partial charge in [0.05, 0.1) is 17.2 Å². The second-order valence-electron chi connectivity index (χ2n) is 14.2. The maximum absolute atomic E-state index is 6.38. The molecule has 0 atom stereocenters. The van der Waals surface area contributed by atoms with Gasteiger partial charge in [0.1, 0.15) is 16.7 Å². The number of hydrogen-bond donors (Lipinski definition) is 0. The Labute approximate surface area is 325 Å². The highest BCUT2D eigenvalue weighted by molar-refractivity contribution is 6.12. The summed E-state index contributed by atoms with van der Waals surface area (Å²) in [4.78, 5) is 19.8. The SMILES string of the molecule is c1cc(-c2nc(-c3ccc(-c4cccc5c4oc4ccccc45)cc3)nc(-c3cccc4oc5cnccc5c34)n2)cc(-n2c3ccccc3c3ccccc32)c1. The van der Waals surface area contributed by atoms with Crippen LogP contribution in [0.15, 0.2) is 185 Å². The van der Waals surface area contributed by atoms with E-state index in [4.69, 9.17) is 23.8 Å². The summed E-state index contributed by atoms with van der Waals surface area (Å²) in [6, 6.07) is 56.3. The van der Waals surface area contributed by atoms with Gasteiger partial charge in [-0.2, -0.15) is 0 Å². The monoisotopic (exact) mass is 731 g/mol. The Kier molecular flexibility index (Phi) is 6.79.